The van der Waals surface area contributed by atoms with Crippen LogP contribution in [0.3, 0.4) is 0 Å². The second-order valence-corrected chi connectivity index (χ2v) is 6.90. The fraction of sp³-hybridized carbons (Fsp3) is 0.267. The van der Waals surface area contributed by atoms with Gasteiger partial charge in [-0.15, -0.1) is 11.3 Å². The van der Waals surface area contributed by atoms with E-state index in [9.17, 15) is 0 Å². The molecule has 3 rings (SSSR count). The van der Waals surface area contributed by atoms with Crippen molar-refractivity contribution in [2.45, 2.75) is 13.5 Å². The molecule has 0 atom stereocenters. The van der Waals surface area contributed by atoms with Crippen molar-refractivity contribution in [3.8, 4) is 0 Å². The fourth-order valence-corrected chi connectivity index (χ4v) is 3.51. The molecule has 0 aliphatic heterocycles. The van der Waals surface area contributed by atoms with Gasteiger partial charge in [0.1, 0.15) is 0 Å². The van der Waals surface area contributed by atoms with Crippen molar-refractivity contribution in [2.24, 2.45) is 0 Å². The molecule has 1 N–H and O–H groups in total. The third kappa shape index (κ3) is 2.78. The van der Waals surface area contributed by atoms with E-state index < -0.39 is 0 Å². The molecule has 0 bridgehead atoms. The number of anilines is 2. The van der Waals surface area contributed by atoms with Gasteiger partial charge < -0.3 is 10.2 Å². The summed E-state index contributed by atoms with van der Waals surface area (Å²) in [6, 6.07) is 6.27. The molecule has 0 saturated carbocycles. The summed E-state index contributed by atoms with van der Waals surface area (Å²) in [4.78, 5) is 7.74. The molecule has 2 aromatic heterocycles. The molecule has 4 nitrogen and oxygen atoms in total. The number of benzene rings is 1. The number of aryl methyl sites for hydroxylation is 1. The van der Waals surface area contributed by atoms with Gasteiger partial charge in [0, 0.05) is 30.1 Å². The van der Waals surface area contributed by atoms with Crippen molar-refractivity contribution in [1.29, 1.82) is 0 Å². The molecule has 0 saturated heterocycles. The van der Waals surface area contributed by atoms with E-state index in [0.717, 1.165) is 27.4 Å². The minimum Gasteiger partial charge on any atom is -0.378 e. The first-order valence-electron chi connectivity index (χ1n) is 6.68. The molecular weight excluding hydrogens is 348 g/mol. The molecular formula is C15H17BrN4S. The summed E-state index contributed by atoms with van der Waals surface area (Å²) in [5.41, 5.74) is 4.56. The van der Waals surface area contributed by atoms with Crippen molar-refractivity contribution < 1.29 is 0 Å². The first kappa shape index (κ1) is 14.4. The van der Waals surface area contributed by atoms with E-state index in [2.05, 4.69) is 86.3 Å². The van der Waals surface area contributed by atoms with Crippen LogP contribution in [0.25, 0.3) is 4.96 Å². The largest absolute Gasteiger partial charge is 0.378 e. The van der Waals surface area contributed by atoms with Crippen LogP contribution in [0.1, 0.15) is 11.4 Å². The van der Waals surface area contributed by atoms with Gasteiger partial charge in [0.15, 0.2) is 4.96 Å². The van der Waals surface area contributed by atoms with Crippen molar-refractivity contribution in [2.75, 3.05) is 24.3 Å². The number of halogens is 1. The third-order valence-electron chi connectivity index (χ3n) is 3.45. The lowest BCUT2D eigenvalue weighted by Crippen LogP contribution is -2.12. The van der Waals surface area contributed by atoms with Crippen LogP contribution in [-0.4, -0.2) is 23.5 Å². The first-order valence-corrected chi connectivity index (χ1v) is 8.35. The zero-order chi connectivity index (χ0) is 15.0. The zero-order valence-corrected chi connectivity index (χ0v) is 14.6. The smallest absolute Gasteiger partial charge is 0.194 e. The molecule has 6 heteroatoms. The van der Waals surface area contributed by atoms with Gasteiger partial charge in [-0.3, -0.25) is 4.40 Å². The number of nitrogens with zero attached hydrogens (tertiary/aromatic N) is 3. The maximum Gasteiger partial charge on any atom is 0.194 e. The molecule has 2 heterocycles. The molecule has 0 radical (unpaired) electrons. The Kier molecular flexibility index (Phi) is 3.91. The highest BCUT2D eigenvalue weighted by Crippen LogP contribution is 2.29. The van der Waals surface area contributed by atoms with Gasteiger partial charge in [0.05, 0.1) is 29.3 Å². The molecule has 1 aromatic carbocycles. The Morgan fingerprint density at radius 1 is 1.38 bits per heavy atom. The van der Waals surface area contributed by atoms with E-state index in [-0.39, 0.29) is 0 Å². The Labute approximate surface area is 136 Å². The van der Waals surface area contributed by atoms with Gasteiger partial charge in [0.25, 0.3) is 0 Å². The SMILES string of the molecule is Cc1nc2sccn2c1CNc1cc(Br)ccc1N(C)C. The summed E-state index contributed by atoms with van der Waals surface area (Å²) in [5.74, 6) is 0. The minimum absolute atomic E-state index is 0.751. The number of hydrogen-bond acceptors (Lipinski definition) is 4. The van der Waals surface area contributed by atoms with Crippen LogP contribution >= 0.6 is 27.3 Å². The highest BCUT2D eigenvalue weighted by molar-refractivity contribution is 9.10. The molecule has 3 aromatic rings. The summed E-state index contributed by atoms with van der Waals surface area (Å²) in [6.07, 6.45) is 2.07. The molecule has 0 spiro atoms. The van der Waals surface area contributed by atoms with Gasteiger partial charge in [-0.1, -0.05) is 15.9 Å². The molecule has 0 fully saturated rings. The maximum atomic E-state index is 4.58. The summed E-state index contributed by atoms with van der Waals surface area (Å²) in [7, 11) is 4.10. The van der Waals surface area contributed by atoms with E-state index in [1.165, 1.54) is 11.4 Å². The number of imidazole rings is 1. The lowest BCUT2D eigenvalue weighted by molar-refractivity contribution is 0.990. The quantitative estimate of drug-likeness (QED) is 0.754. The van der Waals surface area contributed by atoms with Gasteiger partial charge in [-0.05, 0) is 25.1 Å². The van der Waals surface area contributed by atoms with E-state index >= 15 is 0 Å². The zero-order valence-electron chi connectivity index (χ0n) is 12.2. The van der Waals surface area contributed by atoms with Crippen molar-refractivity contribution in [3.05, 3.63) is 45.6 Å². The Morgan fingerprint density at radius 2 is 2.19 bits per heavy atom. The van der Waals surface area contributed by atoms with Crippen LogP contribution in [0, 0.1) is 6.92 Å². The van der Waals surface area contributed by atoms with E-state index in [1.54, 1.807) is 11.3 Å². The van der Waals surface area contributed by atoms with Gasteiger partial charge >= 0.3 is 0 Å². The number of rotatable bonds is 4. The van der Waals surface area contributed by atoms with Crippen molar-refractivity contribution >= 4 is 43.6 Å². The molecule has 21 heavy (non-hydrogen) atoms. The number of nitrogens with one attached hydrogen (secondary N) is 1. The van der Waals surface area contributed by atoms with Crippen LogP contribution in [0.4, 0.5) is 11.4 Å². The Bertz CT molecular complexity index is 775. The van der Waals surface area contributed by atoms with E-state index in [0.29, 0.717) is 0 Å². The van der Waals surface area contributed by atoms with Crippen LogP contribution in [0.2, 0.25) is 0 Å². The molecule has 0 amide bonds. The Morgan fingerprint density at radius 3 is 2.95 bits per heavy atom. The van der Waals surface area contributed by atoms with Gasteiger partial charge in [0.2, 0.25) is 0 Å². The Balaban J connectivity index is 1.89. The second-order valence-electron chi connectivity index (χ2n) is 5.11. The molecule has 0 aliphatic rings. The lowest BCUT2D eigenvalue weighted by Gasteiger charge is -2.19. The van der Waals surface area contributed by atoms with Crippen LogP contribution in [-0.2, 0) is 6.54 Å². The third-order valence-corrected chi connectivity index (χ3v) is 4.70. The number of hydrogen-bond donors (Lipinski definition) is 1. The highest BCUT2D eigenvalue weighted by Gasteiger charge is 2.11. The average molecular weight is 365 g/mol. The normalized spacial score (nSPS) is 11.0. The number of aromatic nitrogens is 2. The molecule has 0 unspecified atom stereocenters. The Hall–Kier alpha value is -1.53. The van der Waals surface area contributed by atoms with Gasteiger partial charge in [-0.25, -0.2) is 4.98 Å². The van der Waals surface area contributed by atoms with E-state index in [4.69, 9.17) is 0 Å². The van der Waals surface area contributed by atoms with E-state index in [1.807, 2.05) is 0 Å². The minimum atomic E-state index is 0.751. The van der Waals surface area contributed by atoms with Crippen LogP contribution in [0.5, 0.6) is 0 Å². The van der Waals surface area contributed by atoms with Crippen LogP contribution in [0.15, 0.2) is 34.2 Å². The predicted molar refractivity (Wildman–Crippen MR) is 93.6 cm³/mol. The topological polar surface area (TPSA) is 32.6 Å². The predicted octanol–water partition coefficient (Wildman–Crippen LogP) is 4.14. The number of thiazole rings is 1. The molecule has 110 valence electrons. The van der Waals surface area contributed by atoms with Crippen molar-refractivity contribution in [3.63, 3.8) is 0 Å². The average Bonchev–Trinajstić information content (AvgIpc) is 2.97. The standard InChI is InChI=1S/C15H17BrN4S/c1-10-14(20-6-7-21-15(20)18-10)9-17-12-8-11(16)4-5-13(12)19(2)3/h4-8,17H,9H2,1-3H3. The fourth-order valence-electron chi connectivity index (χ4n) is 2.37. The number of fused-ring (bicyclic) bond motifs is 1. The monoisotopic (exact) mass is 364 g/mol. The summed E-state index contributed by atoms with van der Waals surface area (Å²) < 4.78 is 3.22. The maximum absolute atomic E-state index is 4.58. The highest BCUT2D eigenvalue weighted by atomic mass is 79.9. The molecule has 0 aliphatic carbocycles. The lowest BCUT2D eigenvalue weighted by atomic mass is 10.2. The summed E-state index contributed by atoms with van der Waals surface area (Å²) >= 11 is 5.20. The summed E-state index contributed by atoms with van der Waals surface area (Å²) in [6.45, 7) is 2.81. The van der Waals surface area contributed by atoms with Crippen LogP contribution < -0.4 is 10.2 Å². The summed E-state index contributed by atoms with van der Waals surface area (Å²) in [5, 5.41) is 5.60. The first-order chi connectivity index (χ1) is 10.1. The van der Waals surface area contributed by atoms with Gasteiger partial charge in [-0.2, -0.15) is 0 Å². The van der Waals surface area contributed by atoms with Crippen molar-refractivity contribution in [1.82, 2.24) is 9.38 Å². The second kappa shape index (κ2) is 5.69.